The topological polar surface area (TPSA) is 32.7 Å². The first-order valence-electron chi connectivity index (χ1n) is 8.69. The third-order valence-electron chi connectivity index (χ3n) is 4.29. The van der Waals surface area contributed by atoms with E-state index < -0.39 is 0 Å². The van der Waals surface area contributed by atoms with Crippen LogP contribution in [-0.2, 0) is 6.42 Å². The third kappa shape index (κ3) is 6.63. The standard InChI is InChI=1S/C21H29NO2/c1-17-4-6-19(7-5-17)16-18(2)12-13-22(3)14-15-24-21-10-8-20(23)9-11-21/h4-11,18,23H,12-16H2,1-3H3. The van der Waals surface area contributed by atoms with E-state index in [0.717, 1.165) is 25.3 Å². The van der Waals surface area contributed by atoms with E-state index in [4.69, 9.17) is 4.74 Å². The van der Waals surface area contributed by atoms with Gasteiger partial charge in [-0.2, -0.15) is 0 Å². The van der Waals surface area contributed by atoms with Crippen LogP contribution in [0.3, 0.4) is 0 Å². The van der Waals surface area contributed by atoms with Gasteiger partial charge in [-0.25, -0.2) is 0 Å². The second-order valence-electron chi connectivity index (χ2n) is 6.73. The van der Waals surface area contributed by atoms with Gasteiger partial charge in [0.15, 0.2) is 0 Å². The van der Waals surface area contributed by atoms with Crippen molar-refractivity contribution in [2.45, 2.75) is 26.7 Å². The second kappa shape index (κ2) is 9.33. The largest absolute Gasteiger partial charge is 0.508 e. The Kier molecular flexibility index (Phi) is 7.13. The Bertz CT molecular complexity index is 592. The van der Waals surface area contributed by atoms with Crippen LogP contribution in [0.15, 0.2) is 48.5 Å². The molecule has 1 atom stereocenters. The summed E-state index contributed by atoms with van der Waals surface area (Å²) in [4.78, 5) is 2.31. The summed E-state index contributed by atoms with van der Waals surface area (Å²) < 4.78 is 5.69. The third-order valence-corrected chi connectivity index (χ3v) is 4.29. The predicted molar refractivity (Wildman–Crippen MR) is 99.8 cm³/mol. The van der Waals surface area contributed by atoms with Crippen molar-refractivity contribution in [3.05, 3.63) is 59.7 Å². The van der Waals surface area contributed by atoms with Crippen LogP contribution in [0.2, 0.25) is 0 Å². The molecule has 1 unspecified atom stereocenters. The summed E-state index contributed by atoms with van der Waals surface area (Å²) >= 11 is 0. The first-order chi connectivity index (χ1) is 11.5. The molecule has 0 heterocycles. The molecule has 2 aromatic carbocycles. The number of hydrogen-bond acceptors (Lipinski definition) is 3. The van der Waals surface area contributed by atoms with Crippen LogP contribution in [0.25, 0.3) is 0 Å². The lowest BCUT2D eigenvalue weighted by Crippen LogP contribution is -2.26. The first-order valence-corrected chi connectivity index (χ1v) is 8.69. The fraction of sp³-hybridized carbons (Fsp3) is 0.429. The number of likely N-dealkylation sites (N-methyl/N-ethyl adjacent to an activating group) is 1. The Hall–Kier alpha value is -2.00. The molecule has 0 saturated heterocycles. The lowest BCUT2D eigenvalue weighted by molar-refractivity contribution is 0.228. The van der Waals surface area contributed by atoms with Gasteiger partial charge in [-0.3, -0.25) is 0 Å². The highest BCUT2D eigenvalue weighted by molar-refractivity contribution is 5.30. The van der Waals surface area contributed by atoms with Crippen molar-refractivity contribution in [2.24, 2.45) is 5.92 Å². The monoisotopic (exact) mass is 327 g/mol. The van der Waals surface area contributed by atoms with Gasteiger partial charge >= 0.3 is 0 Å². The van der Waals surface area contributed by atoms with Gasteiger partial charge in [0.1, 0.15) is 18.1 Å². The van der Waals surface area contributed by atoms with Crippen LogP contribution in [-0.4, -0.2) is 36.8 Å². The minimum atomic E-state index is 0.266. The van der Waals surface area contributed by atoms with E-state index in [1.807, 2.05) is 0 Å². The molecule has 0 radical (unpaired) electrons. The fourth-order valence-corrected chi connectivity index (χ4v) is 2.64. The highest BCUT2D eigenvalue weighted by Crippen LogP contribution is 2.16. The van der Waals surface area contributed by atoms with Gasteiger partial charge < -0.3 is 14.7 Å². The maximum atomic E-state index is 9.25. The number of hydrogen-bond donors (Lipinski definition) is 1. The molecule has 0 aromatic heterocycles. The van der Waals surface area contributed by atoms with Crippen LogP contribution in [0.1, 0.15) is 24.5 Å². The van der Waals surface area contributed by atoms with E-state index in [9.17, 15) is 5.11 Å². The maximum Gasteiger partial charge on any atom is 0.119 e. The van der Waals surface area contributed by atoms with E-state index in [0.29, 0.717) is 12.5 Å². The second-order valence-corrected chi connectivity index (χ2v) is 6.73. The average Bonchev–Trinajstić information content (AvgIpc) is 2.57. The van der Waals surface area contributed by atoms with Crippen molar-refractivity contribution in [1.29, 1.82) is 0 Å². The molecule has 0 spiro atoms. The van der Waals surface area contributed by atoms with Crippen LogP contribution in [0, 0.1) is 12.8 Å². The Morgan fingerprint density at radius 1 is 1.00 bits per heavy atom. The number of rotatable bonds is 9. The summed E-state index contributed by atoms with van der Waals surface area (Å²) in [6, 6.07) is 15.7. The van der Waals surface area contributed by atoms with E-state index in [2.05, 4.69) is 50.1 Å². The first kappa shape index (κ1) is 18.3. The zero-order chi connectivity index (χ0) is 17.4. The van der Waals surface area contributed by atoms with E-state index >= 15 is 0 Å². The number of phenols is 1. The Labute approximate surface area is 145 Å². The summed E-state index contributed by atoms with van der Waals surface area (Å²) in [7, 11) is 2.14. The van der Waals surface area contributed by atoms with Crippen molar-refractivity contribution in [1.82, 2.24) is 4.90 Å². The molecule has 0 aliphatic carbocycles. The molecular weight excluding hydrogens is 298 g/mol. The molecule has 0 aliphatic heterocycles. The summed E-state index contributed by atoms with van der Waals surface area (Å²) in [5.41, 5.74) is 2.74. The summed E-state index contributed by atoms with van der Waals surface area (Å²) in [6.45, 7) is 7.08. The number of ether oxygens (including phenoxy) is 1. The normalized spacial score (nSPS) is 12.3. The molecule has 0 bridgehead atoms. The summed E-state index contributed by atoms with van der Waals surface area (Å²) in [6.07, 6.45) is 2.32. The number of benzene rings is 2. The van der Waals surface area contributed by atoms with Gasteiger partial charge in [-0.1, -0.05) is 36.8 Å². The fourth-order valence-electron chi connectivity index (χ4n) is 2.64. The highest BCUT2D eigenvalue weighted by atomic mass is 16.5. The molecular formula is C21H29NO2. The van der Waals surface area contributed by atoms with Gasteiger partial charge in [-0.15, -0.1) is 0 Å². The van der Waals surface area contributed by atoms with Gasteiger partial charge in [0, 0.05) is 6.54 Å². The van der Waals surface area contributed by atoms with Crippen LogP contribution in [0.5, 0.6) is 11.5 Å². The van der Waals surface area contributed by atoms with Crippen molar-refractivity contribution in [3.8, 4) is 11.5 Å². The average molecular weight is 327 g/mol. The molecule has 1 N–H and O–H groups in total. The van der Waals surface area contributed by atoms with Crippen LogP contribution in [0.4, 0.5) is 0 Å². The van der Waals surface area contributed by atoms with Crippen LogP contribution >= 0.6 is 0 Å². The Balaban J connectivity index is 1.62. The molecule has 3 nitrogen and oxygen atoms in total. The van der Waals surface area contributed by atoms with E-state index in [1.165, 1.54) is 17.5 Å². The van der Waals surface area contributed by atoms with E-state index in [1.54, 1.807) is 24.3 Å². The number of nitrogens with zero attached hydrogens (tertiary/aromatic N) is 1. The molecule has 0 aliphatic rings. The number of phenolic OH excluding ortho intramolecular Hbond substituents is 1. The van der Waals surface area contributed by atoms with E-state index in [-0.39, 0.29) is 5.75 Å². The zero-order valence-electron chi connectivity index (χ0n) is 15.0. The molecule has 3 heteroatoms. The molecule has 2 rings (SSSR count). The van der Waals surface area contributed by atoms with Gasteiger partial charge in [0.2, 0.25) is 0 Å². The lowest BCUT2D eigenvalue weighted by Gasteiger charge is -2.19. The van der Waals surface area contributed by atoms with Gasteiger partial charge in [-0.05, 0) is 69.1 Å². The van der Waals surface area contributed by atoms with Gasteiger partial charge in [0.05, 0.1) is 0 Å². The molecule has 2 aromatic rings. The molecule has 130 valence electrons. The lowest BCUT2D eigenvalue weighted by atomic mass is 9.97. The minimum Gasteiger partial charge on any atom is -0.508 e. The van der Waals surface area contributed by atoms with Crippen molar-refractivity contribution in [3.63, 3.8) is 0 Å². The smallest absolute Gasteiger partial charge is 0.119 e. The Morgan fingerprint density at radius 3 is 2.33 bits per heavy atom. The molecule has 0 amide bonds. The Morgan fingerprint density at radius 2 is 1.67 bits per heavy atom. The van der Waals surface area contributed by atoms with Gasteiger partial charge in [0.25, 0.3) is 0 Å². The van der Waals surface area contributed by atoms with Crippen molar-refractivity contribution in [2.75, 3.05) is 26.7 Å². The van der Waals surface area contributed by atoms with Crippen molar-refractivity contribution >= 4 is 0 Å². The minimum absolute atomic E-state index is 0.266. The quantitative estimate of drug-likeness (QED) is 0.746. The molecule has 24 heavy (non-hydrogen) atoms. The zero-order valence-corrected chi connectivity index (χ0v) is 15.0. The van der Waals surface area contributed by atoms with Crippen LogP contribution < -0.4 is 4.74 Å². The maximum absolute atomic E-state index is 9.25. The predicted octanol–water partition coefficient (Wildman–Crippen LogP) is 4.28. The summed E-state index contributed by atoms with van der Waals surface area (Å²) in [5, 5.41) is 9.25. The number of aryl methyl sites for hydroxylation is 1. The SMILES string of the molecule is Cc1ccc(CC(C)CCN(C)CCOc2ccc(O)cc2)cc1. The molecule has 0 saturated carbocycles. The van der Waals surface area contributed by atoms with Crippen molar-refractivity contribution < 1.29 is 9.84 Å². The summed E-state index contributed by atoms with van der Waals surface area (Å²) in [5.74, 6) is 1.74. The highest BCUT2D eigenvalue weighted by Gasteiger charge is 2.06. The molecule has 0 fully saturated rings. The number of aromatic hydroxyl groups is 1.